The summed E-state index contributed by atoms with van der Waals surface area (Å²) in [7, 11) is 3.82. The SMILES string of the molecule is CN(C)c1cc(N2CCC(C(=O)N3CCC(F)(F)CC3)C2)ncn1. The zero-order valence-corrected chi connectivity index (χ0v) is 14.1. The lowest BCUT2D eigenvalue weighted by atomic mass is 10.0. The van der Waals surface area contributed by atoms with Crippen LogP contribution in [-0.4, -0.2) is 67.0 Å². The Balaban J connectivity index is 1.61. The van der Waals surface area contributed by atoms with Crippen LogP contribution in [0.15, 0.2) is 12.4 Å². The largest absolute Gasteiger partial charge is 0.363 e. The number of rotatable bonds is 3. The van der Waals surface area contributed by atoms with Gasteiger partial charge < -0.3 is 14.7 Å². The minimum absolute atomic E-state index is 0.00473. The van der Waals surface area contributed by atoms with Crippen molar-refractivity contribution in [3.63, 3.8) is 0 Å². The molecule has 0 aromatic carbocycles. The first kappa shape index (κ1) is 16.9. The van der Waals surface area contributed by atoms with E-state index in [1.165, 1.54) is 6.33 Å². The van der Waals surface area contributed by atoms with E-state index in [2.05, 4.69) is 14.9 Å². The summed E-state index contributed by atoms with van der Waals surface area (Å²) in [6, 6.07) is 1.90. The number of alkyl halides is 2. The second-order valence-corrected chi connectivity index (χ2v) is 6.74. The van der Waals surface area contributed by atoms with E-state index in [1.54, 1.807) is 4.90 Å². The lowest BCUT2D eigenvalue weighted by Crippen LogP contribution is -2.45. The summed E-state index contributed by atoms with van der Waals surface area (Å²) in [4.78, 5) is 26.6. The smallest absolute Gasteiger partial charge is 0.251 e. The monoisotopic (exact) mass is 339 g/mol. The van der Waals surface area contributed by atoms with Gasteiger partial charge in [0.1, 0.15) is 18.0 Å². The van der Waals surface area contributed by atoms with Gasteiger partial charge in [-0.25, -0.2) is 18.7 Å². The fourth-order valence-electron chi connectivity index (χ4n) is 3.24. The van der Waals surface area contributed by atoms with Crippen LogP contribution in [-0.2, 0) is 4.79 Å². The van der Waals surface area contributed by atoms with E-state index in [4.69, 9.17) is 0 Å². The number of hydrogen-bond acceptors (Lipinski definition) is 5. The number of piperidine rings is 1. The van der Waals surface area contributed by atoms with Gasteiger partial charge in [-0.05, 0) is 6.42 Å². The average molecular weight is 339 g/mol. The summed E-state index contributed by atoms with van der Waals surface area (Å²) in [5.41, 5.74) is 0. The molecule has 0 aliphatic carbocycles. The first-order valence-electron chi connectivity index (χ1n) is 8.27. The van der Waals surface area contributed by atoms with Crippen LogP contribution in [0.25, 0.3) is 0 Å². The minimum Gasteiger partial charge on any atom is -0.363 e. The van der Waals surface area contributed by atoms with Crippen molar-refractivity contribution in [2.24, 2.45) is 5.92 Å². The molecular weight excluding hydrogens is 316 g/mol. The Labute approximate surface area is 140 Å². The molecule has 1 aromatic heterocycles. The summed E-state index contributed by atoms with van der Waals surface area (Å²) in [6.07, 6.45) is 1.79. The van der Waals surface area contributed by atoms with Crippen LogP contribution < -0.4 is 9.80 Å². The van der Waals surface area contributed by atoms with E-state index in [-0.39, 0.29) is 37.8 Å². The van der Waals surface area contributed by atoms with Crippen molar-refractivity contribution in [1.29, 1.82) is 0 Å². The Morgan fingerprint density at radius 3 is 2.62 bits per heavy atom. The van der Waals surface area contributed by atoms with Crippen LogP contribution in [0.2, 0.25) is 0 Å². The molecule has 2 fully saturated rings. The molecule has 0 saturated carbocycles. The van der Waals surface area contributed by atoms with Gasteiger partial charge >= 0.3 is 0 Å². The predicted molar refractivity (Wildman–Crippen MR) is 87.4 cm³/mol. The number of likely N-dealkylation sites (tertiary alicyclic amines) is 1. The summed E-state index contributed by atoms with van der Waals surface area (Å²) >= 11 is 0. The van der Waals surface area contributed by atoms with Crippen LogP contribution >= 0.6 is 0 Å². The van der Waals surface area contributed by atoms with Crippen molar-refractivity contribution in [2.75, 3.05) is 50.1 Å². The van der Waals surface area contributed by atoms with Gasteiger partial charge in [-0.3, -0.25) is 4.79 Å². The molecule has 24 heavy (non-hydrogen) atoms. The summed E-state index contributed by atoms with van der Waals surface area (Å²) in [5.74, 6) is -1.16. The highest BCUT2D eigenvalue weighted by atomic mass is 19.3. The number of halogens is 2. The Morgan fingerprint density at radius 2 is 1.96 bits per heavy atom. The summed E-state index contributed by atoms with van der Waals surface area (Å²) in [6.45, 7) is 1.63. The van der Waals surface area contributed by atoms with E-state index in [0.717, 1.165) is 24.6 Å². The van der Waals surface area contributed by atoms with Crippen molar-refractivity contribution in [3.8, 4) is 0 Å². The third-order valence-corrected chi connectivity index (χ3v) is 4.76. The molecule has 2 aliphatic rings. The topological polar surface area (TPSA) is 52.6 Å². The van der Waals surface area contributed by atoms with Gasteiger partial charge in [0.25, 0.3) is 5.92 Å². The van der Waals surface area contributed by atoms with E-state index in [9.17, 15) is 13.6 Å². The number of carbonyl (C=O) groups is 1. The first-order chi connectivity index (χ1) is 11.4. The van der Waals surface area contributed by atoms with Gasteiger partial charge in [0.15, 0.2) is 0 Å². The van der Waals surface area contributed by atoms with Crippen molar-refractivity contribution in [1.82, 2.24) is 14.9 Å². The number of carbonyl (C=O) groups excluding carboxylic acids is 1. The molecule has 132 valence electrons. The molecule has 6 nitrogen and oxygen atoms in total. The Kier molecular flexibility index (Phi) is 4.56. The molecule has 1 atom stereocenters. The molecule has 3 heterocycles. The molecule has 3 rings (SSSR count). The average Bonchev–Trinajstić information content (AvgIpc) is 3.04. The highest BCUT2D eigenvalue weighted by Gasteiger charge is 2.39. The molecule has 1 aromatic rings. The third kappa shape index (κ3) is 3.57. The third-order valence-electron chi connectivity index (χ3n) is 4.76. The fraction of sp³-hybridized carbons (Fsp3) is 0.688. The fourth-order valence-corrected chi connectivity index (χ4v) is 3.24. The lowest BCUT2D eigenvalue weighted by Gasteiger charge is -2.33. The van der Waals surface area contributed by atoms with Crippen molar-refractivity contribution >= 4 is 17.5 Å². The van der Waals surface area contributed by atoms with Gasteiger partial charge in [0.05, 0.1) is 5.92 Å². The van der Waals surface area contributed by atoms with E-state index >= 15 is 0 Å². The molecule has 0 radical (unpaired) electrons. The maximum atomic E-state index is 13.2. The Bertz CT molecular complexity index is 600. The highest BCUT2D eigenvalue weighted by molar-refractivity contribution is 5.80. The van der Waals surface area contributed by atoms with Crippen LogP contribution in [0.4, 0.5) is 20.4 Å². The number of amides is 1. The van der Waals surface area contributed by atoms with Crippen molar-refractivity contribution < 1.29 is 13.6 Å². The standard InChI is InChI=1S/C16H23F2N5O/c1-21(2)13-9-14(20-11-19-13)23-6-3-12(10-23)15(24)22-7-4-16(17,18)5-8-22/h9,11-12H,3-8,10H2,1-2H3. The quantitative estimate of drug-likeness (QED) is 0.838. The normalized spacial score (nSPS) is 23.4. The zero-order chi connectivity index (χ0) is 17.3. The molecule has 1 amide bonds. The van der Waals surface area contributed by atoms with Crippen molar-refractivity contribution in [2.45, 2.75) is 25.2 Å². The van der Waals surface area contributed by atoms with E-state index in [1.807, 2.05) is 25.1 Å². The summed E-state index contributed by atoms with van der Waals surface area (Å²) in [5, 5.41) is 0. The number of aromatic nitrogens is 2. The van der Waals surface area contributed by atoms with Crippen LogP contribution in [0, 0.1) is 5.92 Å². The lowest BCUT2D eigenvalue weighted by molar-refractivity contribution is -0.140. The molecule has 0 bridgehead atoms. The molecule has 2 aliphatic heterocycles. The van der Waals surface area contributed by atoms with Crippen LogP contribution in [0.3, 0.4) is 0 Å². The number of nitrogens with zero attached hydrogens (tertiary/aromatic N) is 5. The Morgan fingerprint density at radius 1 is 1.25 bits per heavy atom. The maximum absolute atomic E-state index is 13.2. The predicted octanol–water partition coefficient (Wildman–Crippen LogP) is 1.63. The molecular formula is C16H23F2N5O. The maximum Gasteiger partial charge on any atom is 0.251 e. The second kappa shape index (κ2) is 6.49. The van der Waals surface area contributed by atoms with Gasteiger partial charge in [-0.2, -0.15) is 0 Å². The van der Waals surface area contributed by atoms with Crippen LogP contribution in [0.5, 0.6) is 0 Å². The molecule has 0 N–H and O–H groups in total. The van der Waals surface area contributed by atoms with E-state index in [0.29, 0.717) is 6.54 Å². The minimum atomic E-state index is -2.62. The van der Waals surface area contributed by atoms with Gasteiger partial charge in [-0.15, -0.1) is 0 Å². The van der Waals surface area contributed by atoms with Gasteiger partial charge in [0, 0.05) is 59.2 Å². The molecule has 8 heteroatoms. The Hall–Kier alpha value is -1.99. The number of hydrogen-bond donors (Lipinski definition) is 0. The number of anilines is 2. The zero-order valence-electron chi connectivity index (χ0n) is 14.1. The molecule has 2 saturated heterocycles. The molecule has 1 unspecified atom stereocenters. The highest BCUT2D eigenvalue weighted by Crippen LogP contribution is 2.30. The second-order valence-electron chi connectivity index (χ2n) is 6.74. The van der Waals surface area contributed by atoms with E-state index < -0.39 is 5.92 Å². The van der Waals surface area contributed by atoms with Crippen LogP contribution in [0.1, 0.15) is 19.3 Å². The van der Waals surface area contributed by atoms with Gasteiger partial charge in [-0.1, -0.05) is 0 Å². The molecule has 0 spiro atoms. The van der Waals surface area contributed by atoms with Gasteiger partial charge in [0.2, 0.25) is 5.91 Å². The van der Waals surface area contributed by atoms with Crippen molar-refractivity contribution in [3.05, 3.63) is 12.4 Å². The summed E-state index contributed by atoms with van der Waals surface area (Å²) < 4.78 is 26.5. The first-order valence-corrected chi connectivity index (χ1v) is 8.27.